The summed E-state index contributed by atoms with van der Waals surface area (Å²) in [4.78, 5) is 6.33. The Morgan fingerprint density at radius 1 is 1.52 bits per heavy atom. The van der Waals surface area contributed by atoms with Crippen LogP contribution in [0.3, 0.4) is 0 Å². The summed E-state index contributed by atoms with van der Waals surface area (Å²) in [7, 11) is 1.90. The lowest BCUT2D eigenvalue weighted by Crippen LogP contribution is -2.25. The van der Waals surface area contributed by atoms with Crippen molar-refractivity contribution in [3.8, 4) is 5.75 Å². The van der Waals surface area contributed by atoms with Gasteiger partial charge in [-0.05, 0) is 48.3 Å². The third kappa shape index (κ3) is 5.64. The van der Waals surface area contributed by atoms with Crippen LogP contribution < -0.4 is 15.3 Å². The van der Waals surface area contributed by atoms with Gasteiger partial charge < -0.3 is 9.57 Å². The number of rotatable bonds is 10. The summed E-state index contributed by atoms with van der Waals surface area (Å²) in [6, 6.07) is 4.95. The number of nitrogens with zero attached hydrogens (tertiary/aromatic N) is 2. The molecule has 2 aliphatic rings. The van der Waals surface area contributed by atoms with Crippen LogP contribution in [0.15, 0.2) is 41.1 Å². The number of ether oxygens (including phenoxy) is 1. The van der Waals surface area contributed by atoms with Crippen molar-refractivity contribution in [1.29, 1.82) is 0 Å². The van der Waals surface area contributed by atoms with Crippen molar-refractivity contribution in [3.05, 3.63) is 46.9 Å². The fraction of sp³-hybridized carbons (Fsp3) is 0.500. The normalized spacial score (nSPS) is 19.3. The average molecular weight is 394 g/mol. The Hall–Kier alpha value is -1.70. The van der Waals surface area contributed by atoms with Gasteiger partial charge in [-0.3, -0.25) is 10.0 Å². The number of halogens is 1. The van der Waals surface area contributed by atoms with Gasteiger partial charge in [0, 0.05) is 32.9 Å². The van der Waals surface area contributed by atoms with Crippen LogP contribution in [-0.4, -0.2) is 31.8 Å². The number of allylic oxidation sites excluding steroid dienone is 2. The molecule has 1 atom stereocenters. The first-order chi connectivity index (χ1) is 13.1. The molecule has 1 saturated heterocycles. The lowest BCUT2D eigenvalue weighted by Gasteiger charge is -2.23. The molecule has 7 heteroatoms. The zero-order chi connectivity index (χ0) is 19.2. The standard InChI is InChI=1S/C20H28FN3O2S/c1-3-4-8-22-26-20-6-5-16(12-19(20)21)23(2)24-13-17(24)11-18(27)10-15-7-9-25-14-15/h5-6,11-13,15,22,27H,3-4,7-10,14H2,1-2H3/b18-11-. The summed E-state index contributed by atoms with van der Waals surface area (Å²) in [5, 5.41) is 3.86. The van der Waals surface area contributed by atoms with Gasteiger partial charge >= 0.3 is 0 Å². The number of hydrogen-bond acceptors (Lipinski definition) is 6. The van der Waals surface area contributed by atoms with Crippen LogP contribution in [-0.2, 0) is 4.74 Å². The Kier molecular flexibility index (Phi) is 7.04. The molecule has 1 N–H and O–H groups in total. The van der Waals surface area contributed by atoms with Crippen molar-refractivity contribution in [2.45, 2.75) is 32.6 Å². The van der Waals surface area contributed by atoms with E-state index in [0.29, 0.717) is 12.5 Å². The summed E-state index contributed by atoms with van der Waals surface area (Å²) in [6.45, 7) is 4.46. The van der Waals surface area contributed by atoms with Gasteiger partial charge in [0.1, 0.15) is 0 Å². The Morgan fingerprint density at radius 2 is 2.37 bits per heavy atom. The molecule has 1 aromatic carbocycles. The molecule has 2 heterocycles. The zero-order valence-corrected chi connectivity index (χ0v) is 16.8. The summed E-state index contributed by atoms with van der Waals surface area (Å²) >= 11 is 4.59. The van der Waals surface area contributed by atoms with Gasteiger partial charge in [0.15, 0.2) is 11.6 Å². The summed E-state index contributed by atoms with van der Waals surface area (Å²) in [5.41, 5.74) is 4.59. The molecule has 27 heavy (non-hydrogen) atoms. The number of hydrogen-bond donors (Lipinski definition) is 2. The second-order valence-electron chi connectivity index (χ2n) is 6.96. The van der Waals surface area contributed by atoms with Gasteiger partial charge in [-0.15, -0.1) is 12.6 Å². The third-order valence-electron chi connectivity index (χ3n) is 4.71. The maximum absolute atomic E-state index is 14.3. The van der Waals surface area contributed by atoms with Crippen molar-refractivity contribution in [1.82, 2.24) is 10.5 Å². The Bertz CT molecular complexity index is 704. The predicted octanol–water partition coefficient (Wildman–Crippen LogP) is 4.26. The highest BCUT2D eigenvalue weighted by atomic mass is 32.1. The van der Waals surface area contributed by atoms with Crippen LogP contribution in [0.4, 0.5) is 10.1 Å². The quantitative estimate of drug-likeness (QED) is 0.353. The number of hydrazine groups is 1. The predicted molar refractivity (Wildman–Crippen MR) is 109 cm³/mol. The third-order valence-corrected chi connectivity index (χ3v) is 5.03. The molecule has 0 amide bonds. The SMILES string of the molecule is CCCCNOc1ccc(N(C)N2C=C2/C=C(\S)CC2CCOC2)cc1F. The van der Waals surface area contributed by atoms with E-state index in [1.807, 2.05) is 29.3 Å². The van der Waals surface area contributed by atoms with Crippen LogP contribution in [0.1, 0.15) is 32.6 Å². The monoisotopic (exact) mass is 393 g/mol. The van der Waals surface area contributed by atoms with E-state index in [4.69, 9.17) is 9.57 Å². The molecule has 0 saturated carbocycles. The number of thiol groups is 1. The molecule has 1 unspecified atom stereocenters. The van der Waals surface area contributed by atoms with E-state index in [1.165, 1.54) is 6.07 Å². The molecule has 3 rings (SSSR count). The van der Waals surface area contributed by atoms with E-state index in [2.05, 4.69) is 31.1 Å². The highest BCUT2D eigenvalue weighted by Crippen LogP contribution is 2.33. The molecule has 2 aliphatic heterocycles. The first-order valence-corrected chi connectivity index (χ1v) is 9.94. The van der Waals surface area contributed by atoms with Gasteiger partial charge in [0.05, 0.1) is 17.6 Å². The summed E-state index contributed by atoms with van der Waals surface area (Å²) in [6.07, 6.45) is 8.13. The minimum absolute atomic E-state index is 0.207. The van der Waals surface area contributed by atoms with Crippen LogP contribution in [0.5, 0.6) is 5.75 Å². The molecular formula is C20H28FN3O2S. The molecule has 1 fully saturated rings. The number of hydroxylamine groups is 1. The van der Waals surface area contributed by atoms with E-state index in [0.717, 1.165) is 55.2 Å². The number of unbranched alkanes of at least 4 members (excludes halogenated alkanes) is 1. The van der Waals surface area contributed by atoms with Crippen LogP contribution >= 0.6 is 12.6 Å². The summed E-state index contributed by atoms with van der Waals surface area (Å²) < 4.78 is 19.7. The minimum atomic E-state index is -0.390. The van der Waals surface area contributed by atoms with Gasteiger partial charge in [-0.1, -0.05) is 13.3 Å². The summed E-state index contributed by atoms with van der Waals surface area (Å²) in [5.74, 6) is 0.379. The molecule has 0 aromatic heterocycles. The topological polar surface area (TPSA) is 36.7 Å². The van der Waals surface area contributed by atoms with Crippen molar-refractivity contribution < 1.29 is 14.0 Å². The first kappa shape index (κ1) is 20.0. The largest absolute Gasteiger partial charge is 0.406 e. The maximum atomic E-state index is 14.3. The highest BCUT2D eigenvalue weighted by Gasteiger charge is 2.25. The van der Waals surface area contributed by atoms with E-state index < -0.39 is 5.82 Å². The van der Waals surface area contributed by atoms with E-state index in [9.17, 15) is 4.39 Å². The maximum Gasteiger partial charge on any atom is 0.182 e. The zero-order valence-electron chi connectivity index (χ0n) is 15.9. The minimum Gasteiger partial charge on any atom is -0.406 e. The molecule has 0 aliphatic carbocycles. The van der Waals surface area contributed by atoms with Crippen LogP contribution in [0.2, 0.25) is 0 Å². The molecule has 0 spiro atoms. The number of benzene rings is 1. The van der Waals surface area contributed by atoms with Crippen molar-refractivity contribution in [3.63, 3.8) is 0 Å². The number of anilines is 1. The van der Waals surface area contributed by atoms with Crippen LogP contribution in [0.25, 0.3) is 0 Å². The van der Waals surface area contributed by atoms with Crippen molar-refractivity contribution >= 4 is 18.3 Å². The van der Waals surface area contributed by atoms with E-state index in [1.54, 1.807) is 6.07 Å². The molecular weight excluding hydrogens is 365 g/mol. The lowest BCUT2D eigenvalue weighted by atomic mass is 10.0. The molecule has 0 bridgehead atoms. The molecule has 5 nitrogen and oxygen atoms in total. The van der Waals surface area contributed by atoms with E-state index in [-0.39, 0.29) is 5.75 Å². The van der Waals surface area contributed by atoms with Crippen LogP contribution in [0, 0.1) is 11.7 Å². The van der Waals surface area contributed by atoms with Gasteiger partial charge in [-0.2, -0.15) is 5.48 Å². The molecule has 0 radical (unpaired) electrons. The highest BCUT2D eigenvalue weighted by molar-refractivity contribution is 7.84. The average Bonchev–Trinajstić information content (AvgIpc) is 3.21. The molecule has 148 valence electrons. The fourth-order valence-electron chi connectivity index (χ4n) is 3.01. The van der Waals surface area contributed by atoms with Crippen molar-refractivity contribution in [2.24, 2.45) is 5.92 Å². The van der Waals surface area contributed by atoms with Gasteiger partial charge in [0.2, 0.25) is 0 Å². The first-order valence-electron chi connectivity index (χ1n) is 9.49. The van der Waals surface area contributed by atoms with Crippen molar-refractivity contribution in [2.75, 3.05) is 31.8 Å². The fourth-order valence-corrected chi connectivity index (χ4v) is 3.40. The Labute approximate surface area is 166 Å². The Balaban J connectivity index is 1.51. The smallest absolute Gasteiger partial charge is 0.182 e. The van der Waals surface area contributed by atoms with Gasteiger partial charge in [0.25, 0.3) is 0 Å². The van der Waals surface area contributed by atoms with E-state index >= 15 is 0 Å². The molecule has 1 aromatic rings. The Morgan fingerprint density at radius 3 is 3.07 bits per heavy atom. The second-order valence-corrected chi connectivity index (χ2v) is 7.53. The number of nitrogens with one attached hydrogen (secondary N) is 1. The second kappa shape index (κ2) is 9.48. The van der Waals surface area contributed by atoms with Gasteiger partial charge in [-0.25, -0.2) is 4.39 Å². The lowest BCUT2D eigenvalue weighted by molar-refractivity contribution is 0.185.